The van der Waals surface area contributed by atoms with Crippen LogP contribution in [0.4, 0.5) is 15.8 Å². The smallest absolute Gasteiger partial charge is 0.275 e. The Labute approximate surface area is 150 Å². The normalized spacial score (nSPS) is 14.1. The molecule has 4 nitrogen and oxygen atoms in total. The number of carbonyl (C=O) groups is 1. The fraction of sp³-hybridized carbons (Fsp3) is 0.250. The fourth-order valence-corrected chi connectivity index (χ4v) is 3.28. The number of aromatic nitrogens is 1. The largest absolute Gasteiger partial charge is 0.369 e. The van der Waals surface area contributed by atoms with Crippen molar-refractivity contribution in [2.24, 2.45) is 0 Å². The molecule has 7 heteroatoms. The van der Waals surface area contributed by atoms with Gasteiger partial charge in [-0.05, 0) is 75.0 Å². The molecule has 1 aliphatic rings. The zero-order valence-corrected chi connectivity index (χ0v) is 15.3. The van der Waals surface area contributed by atoms with E-state index < -0.39 is 5.91 Å². The van der Waals surface area contributed by atoms with Gasteiger partial charge >= 0.3 is 0 Å². The number of amides is 1. The third-order valence-corrected chi connectivity index (χ3v) is 4.76. The van der Waals surface area contributed by atoms with Crippen LogP contribution < -0.4 is 10.2 Å². The van der Waals surface area contributed by atoms with Gasteiger partial charge in [-0.15, -0.1) is 0 Å². The Morgan fingerprint density at radius 3 is 2.61 bits per heavy atom. The number of hydrogen-bond donors (Lipinski definition) is 1. The molecule has 1 aromatic heterocycles. The summed E-state index contributed by atoms with van der Waals surface area (Å²) in [4.78, 5) is 18.4. The molecule has 1 aliphatic heterocycles. The summed E-state index contributed by atoms with van der Waals surface area (Å²) in [7, 11) is 0. The molecule has 1 N–H and O–H groups in total. The third-order valence-electron chi connectivity index (χ3n) is 3.68. The fourth-order valence-electron chi connectivity index (χ4n) is 2.57. The van der Waals surface area contributed by atoms with Crippen molar-refractivity contribution < 1.29 is 9.18 Å². The van der Waals surface area contributed by atoms with Crippen molar-refractivity contribution in [2.75, 3.05) is 23.3 Å². The molecule has 1 amide bonds. The van der Waals surface area contributed by atoms with Gasteiger partial charge in [0.25, 0.3) is 5.91 Å². The van der Waals surface area contributed by atoms with Crippen LogP contribution >= 0.6 is 31.9 Å². The lowest BCUT2D eigenvalue weighted by molar-refractivity contribution is 0.102. The quantitative estimate of drug-likeness (QED) is 0.706. The van der Waals surface area contributed by atoms with E-state index in [2.05, 4.69) is 42.2 Å². The van der Waals surface area contributed by atoms with E-state index in [-0.39, 0.29) is 11.5 Å². The summed E-state index contributed by atoms with van der Waals surface area (Å²) in [6.45, 7) is 1.75. The van der Waals surface area contributed by atoms with Crippen LogP contribution in [0.3, 0.4) is 0 Å². The van der Waals surface area contributed by atoms with Crippen molar-refractivity contribution in [1.29, 1.82) is 0 Å². The summed E-state index contributed by atoms with van der Waals surface area (Å²) < 4.78 is 15.4. The van der Waals surface area contributed by atoms with Crippen LogP contribution in [0.2, 0.25) is 0 Å². The topological polar surface area (TPSA) is 45.2 Å². The number of halogens is 3. The minimum absolute atomic E-state index is 0.239. The molecule has 1 aromatic carbocycles. The van der Waals surface area contributed by atoms with E-state index in [1.165, 1.54) is 6.07 Å². The first-order valence-corrected chi connectivity index (χ1v) is 8.81. The van der Waals surface area contributed by atoms with Crippen molar-refractivity contribution in [3.8, 4) is 0 Å². The highest BCUT2D eigenvalue weighted by Gasteiger charge is 2.17. The van der Waals surface area contributed by atoms with E-state index in [9.17, 15) is 9.18 Å². The molecule has 0 unspecified atom stereocenters. The van der Waals surface area contributed by atoms with Crippen LogP contribution in [0.5, 0.6) is 0 Å². The van der Waals surface area contributed by atoms with Crippen LogP contribution in [0.15, 0.2) is 39.4 Å². The third kappa shape index (κ3) is 3.72. The maximum Gasteiger partial charge on any atom is 0.275 e. The monoisotopic (exact) mass is 441 g/mol. The van der Waals surface area contributed by atoms with E-state index in [0.717, 1.165) is 25.9 Å². The van der Waals surface area contributed by atoms with Gasteiger partial charge in [-0.3, -0.25) is 4.79 Å². The first-order valence-electron chi connectivity index (χ1n) is 7.22. The Balaban J connectivity index is 1.78. The van der Waals surface area contributed by atoms with Crippen molar-refractivity contribution in [3.05, 3.63) is 50.9 Å². The molecule has 1 saturated heterocycles. The number of benzene rings is 1. The molecule has 0 atom stereocenters. The van der Waals surface area contributed by atoms with Gasteiger partial charge in [0.1, 0.15) is 16.1 Å². The van der Waals surface area contributed by atoms with Crippen LogP contribution in [0.25, 0.3) is 0 Å². The van der Waals surface area contributed by atoms with Crippen LogP contribution in [-0.2, 0) is 0 Å². The number of anilines is 2. The number of rotatable bonds is 3. The number of nitrogens with one attached hydrogen (secondary N) is 1. The summed E-state index contributed by atoms with van der Waals surface area (Å²) in [5.74, 6) is -0.725. The van der Waals surface area contributed by atoms with Gasteiger partial charge in [0, 0.05) is 23.2 Å². The van der Waals surface area contributed by atoms with Gasteiger partial charge in [0.15, 0.2) is 0 Å². The Morgan fingerprint density at radius 2 is 1.91 bits per heavy atom. The maximum absolute atomic E-state index is 14.3. The van der Waals surface area contributed by atoms with Crippen molar-refractivity contribution in [1.82, 2.24) is 4.98 Å². The molecule has 1 fully saturated rings. The second kappa shape index (κ2) is 6.97. The summed E-state index contributed by atoms with van der Waals surface area (Å²) >= 11 is 6.52. The Morgan fingerprint density at radius 1 is 1.17 bits per heavy atom. The van der Waals surface area contributed by atoms with Crippen LogP contribution in [-0.4, -0.2) is 24.0 Å². The highest BCUT2D eigenvalue weighted by molar-refractivity contribution is 9.11. The Kier molecular flexibility index (Phi) is 4.96. The maximum atomic E-state index is 14.3. The predicted octanol–water partition coefficient (Wildman–Crippen LogP) is 4.60. The average molecular weight is 443 g/mol. The molecule has 120 valence electrons. The lowest BCUT2D eigenvalue weighted by atomic mass is 10.2. The van der Waals surface area contributed by atoms with Crippen LogP contribution in [0.1, 0.15) is 23.3 Å². The van der Waals surface area contributed by atoms with Gasteiger partial charge in [-0.2, -0.15) is 0 Å². The summed E-state index contributed by atoms with van der Waals surface area (Å²) in [6, 6.07) is 8.21. The second-order valence-corrected chi connectivity index (χ2v) is 6.95. The molecule has 2 aromatic rings. The summed E-state index contributed by atoms with van der Waals surface area (Å²) in [6.07, 6.45) is 2.17. The molecule has 0 spiro atoms. The molecule has 0 aliphatic carbocycles. The highest BCUT2D eigenvalue weighted by Crippen LogP contribution is 2.26. The van der Waals surface area contributed by atoms with Gasteiger partial charge in [-0.1, -0.05) is 0 Å². The van der Waals surface area contributed by atoms with E-state index in [1.54, 1.807) is 24.3 Å². The Bertz CT molecular complexity index is 748. The number of hydrogen-bond acceptors (Lipinski definition) is 3. The standard InChI is InChI=1S/C16H14Br2FN3O/c17-11-4-6-14(18)21-15(11)16(23)20-10-3-5-13(12(19)9-10)22-7-1-2-8-22/h3-6,9H,1-2,7-8H2,(H,20,23). The van der Waals surface area contributed by atoms with Gasteiger partial charge in [-0.25, -0.2) is 9.37 Å². The molecule has 0 bridgehead atoms. The van der Waals surface area contributed by atoms with E-state index in [1.807, 2.05) is 4.90 Å². The zero-order chi connectivity index (χ0) is 16.4. The molecule has 23 heavy (non-hydrogen) atoms. The van der Waals surface area contributed by atoms with E-state index >= 15 is 0 Å². The Hall–Kier alpha value is -1.47. The minimum atomic E-state index is -0.397. The van der Waals surface area contributed by atoms with Crippen LogP contribution in [0, 0.1) is 5.82 Å². The lowest BCUT2D eigenvalue weighted by Gasteiger charge is -2.18. The first kappa shape index (κ1) is 16.4. The van der Waals surface area contributed by atoms with Crippen molar-refractivity contribution in [3.63, 3.8) is 0 Å². The predicted molar refractivity (Wildman–Crippen MR) is 95.4 cm³/mol. The molecule has 0 radical (unpaired) electrons. The van der Waals surface area contributed by atoms with Gasteiger partial charge in [0.05, 0.1) is 5.69 Å². The number of nitrogens with zero attached hydrogens (tertiary/aromatic N) is 2. The molecular formula is C16H14Br2FN3O. The zero-order valence-electron chi connectivity index (χ0n) is 12.2. The minimum Gasteiger partial charge on any atom is -0.369 e. The van der Waals surface area contributed by atoms with E-state index in [4.69, 9.17) is 0 Å². The average Bonchev–Trinajstić information content (AvgIpc) is 3.04. The molecule has 0 saturated carbocycles. The molecule has 2 heterocycles. The first-order chi connectivity index (χ1) is 11.0. The number of carbonyl (C=O) groups excluding carboxylic acids is 1. The summed E-state index contributed by atoms with van der Waals surface area (Å²) in [5, 5.41) is 2.67. The van der Waals surface area contributed by atoms with Crippen molar-refractivity contribution in [2.45, 2.75) is 12.8 Å². The summed E-state index contributed by atoms with van der Waals surface area (Å²) in [5.41, 5.74) is 1.23. The highest BCUT2D eigenvalue weighted by atomic mass is 79.9. The molecular weight excluding hydrogens is 429 g/mol. The second-order valence-electron chi connectivity index (χ2n) is 5.28. The van der Waals surface area contributed by atoms with Gasteiger partial charge < -0.3 is 10.2 Å². The number of pyridine rings is 1. The van der Waals surface area contributed by atoms with E-state index in [0.29, 0.717) is 20.5 Å². The lowest BCUT2D eigenvalue weighted by Crippen LogP contribution is -2.19. The molecule has 3 rings (SSSR count). The SMILES string of the molecule is O=C(Nc1ccc(N2CCCC2)c(F)c1)c1nc(Br)ccc1Br. The van der Waals surface area contributed by atoms with Crippen molar-refractivity contribution >= 4 is 49.1 Å². The van der Waals surface area contributed by atoms with Gasteiger partial charge in [0.2, 0.25) is 0 Å².